The van der Waals surface area contributed by atoms with E-state index in [0.29, 0.717) is 44.6 Å². The van der Waals surface area contributed by atoms with E-state index in [2.05, 4.69) is 60.8 Å². The summed E-state index contributed by atoms with van der Waals surface area (Å²) >= 11 is 0. The van der Waals surface area contributed by atoms with Crippen molar-refractivity contribution in [2.75, 3.05) is 63.7 Å². The van der Waals surface area contributed by atoms with Gasteiger partial charge in [-0.2, -0.15) is 4.98 Å². The zero-order valence-electron chi connectivity index (χ0n) is 23.7. The number of aryl methyl sites for hydroxylation is 1. The van der Waals surface area contributed by atoms with E-state index < -0.39 is 0 Å². The SMILES string of the molecule is COCCOCC(=O)NCCNc1cc(C)nc(NCc2ccc(CNCCCNC3CCCCC3)cc2)n1. The molecule has 0 unspecified atom stereocenters. The molecule has 0 spiro atoms. The molecular weight excluding hydrogens is 494 g/mol. The van der Waals surface area contributed by atoms with Gasteiger partial charge in [0.25, 0.3) is 0 Å². The van der Waals surface area contributed by atoms with Crippen molar-refractivity contribution in [3.8, 4) is 0 Å². The molecule has 2 aromatic rings. The number of amides is 1. The van der Waals surface area contributed by atoms with Crippen LogP contribution in [-0.4, -0.2) is 75.0 Å². The number of carbonyl (C=O) groups excluding carboxylic acids is 1. The maximum Gasteiger partial charge on any atom is 0.246 e. The van der Waals surface area contributed by atoms with Crippen LogP contribution >= 0.6 is 0 Å². The lowest BCUT2D eigenvalue weighted by Crippen LogP contribution is -2.33. The number of nitrogens with zero attached hydrogens (tertiary/aromatic N) is 2. The van der Waals surface area contributed by atoms with E-state index in [4.69, 9.17) is 9.47 Å². The lowest BCUT2D eigenvalue weighted by Gasteiger charge is -2.22. The van der Waals surface area contributed by atoms with Crippen molar-refractivity contribution in [1.29, 1.82) is 0 Å². The summed E-state index contributed by atoms with van der Waals surface area (Å²) in [6.07, 6.45) is 8.02. The predicted octanol–water partition coefficient (Wildman–Crippen LogP) is 2.99. The third kappa shape index (κ3) is 13.2. The van der Waals surface area contributed by atoms with Crippen LogP contribution in [0.5, 0.6) is 0 Å². The number of benzene rings is 1. The first-order valence-corrected chi connectivity index (χ1v) is 14.3. The van der Waals surface area contributed by atoms with Gasteiger partial charge >= 0.3 is 0 Å². The monoisotopic (exact) mass is 541 g/mol. The number of anilines is 2. The first kappa shape index (κ1) is 30.7. The molecule has 10 nitrogen and oxygen atoms in total. The Labute approximate surface area is 233 Å². The minimum atomic E-state index is -0.155. The summed E-state index contributed by atoms with van der Waals surface area (Å²) in [6.45, 7) is 7.50. The number of nitrogens with one attached hydrogen (secondary N) is 5. The molecule has 0 radical (unpaired) electrons. The molecule has 0 aliphatic heterocycles. The van der Waals surface area contributed by atoms with Crippen LogP contribution in [0.2, 0.25) is 0 Å². The number of hydrogen-bond donors (Lipinski definition) is 5. The normalized spacial score (nSPS) is 13.8. The van der Waals surface area contributed by atoms with E-state index in [-0.39, 0.29) is 12.5 Å². The Morgan fingerprint density at radius 2 is 1.69 bits per heavy atom. The van der Waals surface area contributed by atoms with Gasteiger partial charge in [0, 0.05) is 51.1 Å². The second kappa shape index (κ2) is 18.5. The molecule has 1 aliphatic rings. The Kier molecular flexibility index (Phi) is 14.6. The molecule has 216 valence electrons. The largest absolute Gasteiger partial charge is 0.382 e. The summed E-state index contributed by atoms with van der Waals surface area (Å²) in [5.74, 6) is 1.13. The predicted molar refractivity (Wildman–Crippen MR) is 156 cm³/mol. The van der Waals surface area contributed by atoms with Gasteiger partial charge in [-0.05, 0) is 50.4 Å². The fourth-order valence-corrected chi connectivity index (χ4v) is 4.50. The molecule has 1 aliphatic carbocycles. The number of aromatic nitrogens is 2. The number of methoxy groups -OCH3 is 1. The van der Waals surface area contributed by atoms with Gasteiger partial charge in [-0.15, -0.1) is 0 Å². The number of rotatable bonds is 19. The quantitative estimate of drug-likeness (QED) is 0.171. The third-order valence-electron chi connectivity index (χ3n) is 6.64. The van der Waals surface area contributed by atoms with Crippen LogP contribution in [0.3, 0.4) is 0 Å². The molecule has 1 amide bonds. The van der Waals surface area contributed by atoms with Crippen molar-refractivity contribution in [2.45, 2.75) is 64.6 Å². The van der Waals surface area contributed by atoms with E-state index >= 15 is 0 Å². The van der Waals surface area contributed by atoms with Crippen molar-refractivity contribution in [1.82, 2.24) is 25.9 Å². The molecule has 39 heavy (non-hydrogen) atoms. The van der Waals surface area contributed by atoms with Crippen LogP contribution in [0.25, 0.3) is 0 Å². The molecule has 0 atom stereocenters. The van der Waals surface area contributed by atoms with Gasteiger partial charge in [-0.1, -0.05) is 43.5 Å². The van der Waals surface area contributed by atoms with Gasteiger partial charge < -0.3 is 36.1 Å². The van der Waals surface area contributed by atoms with E-state index in [1.54, 1.807) is 7.11 Å². The second-order valence-corrected chi connectivity index (χ2v) is 10.0. The third-order valence-corrected chi connectivity index (χ3v) is 6.64. The molecule has 1 saturated carbocycles. The van der Waals surface area contributed by atoms with Crippen LogP contribution in [0.15, 0.2) is 30.3 Å². The lowest BCUT2D eigenvalue weighted by atomic mass is 9.95. The molecule has 0 bridgehead atoms. The van der Waals surface area contributed by atoms with Gasteiger partial charge in [0.2, 0.25) is 11.9 Å². The average molecular weight is 542 g/mol. The number of ether oxygens (including phenoxy) is 2. The van der Waals surface area contributed by atoms with Gasteiger partial charge in [0.1, 0.15) is 12.4 Å². The molecule has 0 saturated heterocycles. The van der Waals surface area contributed by atoms with E-state index in [1.807, 2.05) is 13.0 Å². The van der Waals surface area contributed by atoms with E-state index in [9.17, 15) is 4.79 Å². The second-order valence-electron chi connectivity index (χ2n) is 10.0. The number of hydrogen-bond acceptors (Lipinski definition) is 9. The highest BCUT2D eigenvalue weighted by molar-refractivity contribution is 5.77. The molecular formula is C29H47N7O3. The fourth-order valence-electron chi connectivity index (χ4n) is 4.50. The zero-order chi connectivity index (χ0) is 27.5. The summed E-state index contributed by atoms with van der Waals surface area (Å²) in [6, 6.07) is 11.3. The highest BCUT2D eigenvalue weighted by Crippen LogP contribution is 2.17. The summed E-state index contributed by atoms with van der Waals surface area (Å²) in [5.41, 5.74) is 3.32. The Balaban J connectivity index is 1.29. The molecule has 3 rings (SSSR count). The topological polar surface area (TPSA) is 121 Å². The van der Waals surface area contributed by atoms with E-state index in [0.717, 1.165) is 37.8 Å². The number of carbonyl (C=O) groups is 1. The minimum absolute atomic E-state index is 0.0274. The average Bonchev–Trinajstić information content (AvgIpc) is 2.95. The zero-order valence-corrected chi connectivity index (χ0v) is 23.7. The van der Waals surface area contributed by atoms with Gasteiger partial charge in [0.05, 0.1) is 13.2 Å². The van der Waals surface area contributed by atoms with Crippen LogP contribution in [-0.2, 0) is 27.4 Å². The Hall–Kier alpha value is -2.79. The standard InChI is InChI=1S/C29H47N7O3/c1-23-19-27(32-15-16-33-28(37)22-39-18-17-38-2)36-29(35-23)34-21-25-11-9-24(10-12-25)20-30-13-6-14-31-26-7-4-3-5-8-26/h9-12,19,26,30-31H,3-8,13-18,20-22H2,1-2H3,(H,33,37)(H2,32,34,35,36). The van der Waals surface area contributed by atoms with Crippen LogP contribution < -0.4 is 26.6 Å². The van der Waals surface area contributed by atoms with E-state index in [1.165, 1.54) is 43.2 Å². The highest BCUT2D eigenvalue weighted by atomic mass is 16.5. The van der Waals surface area contributed by atoms with Gasteiger partial charge in [0.15, 0.2) is 0 Å². The van der Waals surface area contributed by atoms with Gasteiger partial charge in [-0.3, -0.25) is 4.79 Å². The minimum Gasteiger partial charge on any atom is -0.382 e. The molecule has 1 heterocycles. The van der Waals surface area contributed by atoms with Crippen molar-refractivity contribution in [3.63, 3.8) is 0 Å². The fraction of sp³-hybridized carbons (Fsp3) is 0.621. The summed E-state index contributed by atoms with van der Waals surface area (Å²) in [5, 5.41) is 16.6. The van der Waals surface area contributed by atoms with Crippen LogP contribution in [0, 0.1) is 6.92 Å². The smallest absolute Gasteiger partial charge is 0.246 e. The Bertz CT molecular complexity index is 952. The van der Waals surface area contributed by atoms with Crippen molar-refractivity contribution < 1.29 is 14.3 Å². The van der Waals surface area contributed by atoms with Gasteiger partial charge in [-0.25, -0.2) is 4.98 Å². The van der Waals surface area contributed by atoms with Crippen LogP contribution in [0.4, 0.5) is 11.8 Å². The molecule has 10 heteroatoms. The molecule has 5 N–H and O–H groups in total. The van der Waals surface area contributed by atoms with Crippen molar-refractivity contribution in [2.24, 2.45) is 0 Å². The lowest BCUT2D eigenvalue weighted by molar-refractivity contribution is -0.126. The van der Waals surface area contributed by atoms with Crippen molar-refractivity contribution >= 4 is 17.7 Å². The maximum absolute atomic E-state index is 11.8. The molecule has 1 aromatic heterocycles. The first-order chi connectivity index (χ1) is 19.1. The molecule has 1 fully saturated rings. The summed E-state index contributed by atoms with van der Waals surface area (Å²) < 4.78 is 10.1. The Morgan fingerprint density at radius 1 is 0.923 bits per heavy atom. The maximum atomic E-state index is 11.8. The summed E-state index contributed by atoms with van der Waals surface area (Å²) in [4.78, 5) is 20.8. The summed E-state index contributed by atoms with van der Waals surface area (Å²) in [7, 11) is 1.60. The molecule has 1 aromatic carbocycles. The van der Waals surface area contributed by atoms with Crippen molar-refractivity contribution in [3.05, 3.63) is 47.2 Å². The first-order valence-electron chi connectivity index (χ1n) is 14.3. The highest BCUT2D eigenvalue weighted by Gasteiger charge is 2.11. The van der Waals surface area contributed by atoms with Crippen LogP contribution in [0.1, 0.15) is 55.3 Å². The Morgan fingerprint density at radius 3 is 2.46 bits per heavy atom.